The number of unbranched alkanes of at least 4 members (excludes halogenated alkanes) is 1. The molecular formula is C13H23NO5. The quantitative estimate of drug-likeness (QED) is 0.614. The van der Waals surface area contributed by atoms with Crippen LogP contribution in [0.5, 0.6) is 0 Å². The zero-order chi connectivity index (χ0) is 14.3. The molecule has 6 nitrogen and oxygen atoms in total. The van der Waals surface area contributed by atoms with Gasteiger partial charge in [-0.3, -0.25) is 14.5 Å². The van der Waals surface area contributed by atoms with Gasteiger partial charge in [0, 0.05) is 12.6 Å². The number of aliphatic carboxylic acids is 2. The van der Waals surface area contributed by atoms with Gasteiger partial charge in [0.2, 0.25) is 0 Å². The normalized spacial score (nSPS) is 22.8. The number of hydrogen-bond acceptors (Lipinski definition) is 4. The highest BCUT2D eigenvalue weighted by Crippen LogP contribution is 2.27. The lowest BCUT2D eigenvalue weighted by atomic mass is 10.1. The molecule has 6 heteroatoms. The first-order valence-electron chi connectivity index (χ1n) is 6.83. The summed E-state index contributed by atoms with van der Waals surface area (Å²) in [7, 11) is 0. The van der Waals surface area contributed by atoms with Crippen molar-refractivity contribution in [2.24, 2.45) is 0 Å². The maximum atomic E-state index is 10.8. The van der Waals surface area contributed by atoms with Gasteiger partial charge in [0.25, 0.3) is 0 Å². The number of nitrogens with zero attached hydrogens (tertiary/aromatic N) is 1. The van der Waals surface area contributed by atoms with E-state index in [0.29, 0.717) is 6.61 Å². The molecule has 19 heavy (non-hydrogen) atoms. The fraction of sp³-hybridized carbons (Fsp3) is 0.846. The van der Waals surface area contributed by atoms with Gasteiger partial charge in [0.05, 0.1) is 19.2 Å². The minimum Gasteiger partial charge on any atom is -0.480 e. The molecule has 0 heterocycles. The van der Waals surface area contributed by atoms with Crippen LogP contribution in [0.15, 0.2) is 0 Å². The summed E-state index contributed by atoms with van der Waals surface area (Å²) >= 11 is 0. The molecular weight excluding hydrogens is 250 g/mol. The Hall–Kier alpha value is -1.14. The maximum absolute atomic E-state index is 10.8. The summed E-state index contributed by atoms with van der Waals surface area (Å²) in [5, 5.41) is 17.8. The molecule has 1 rings (SSSR count). The predicted octanol–water partition coefficient (Wildman–Crippen LogP) is 1.20. The molecule has 1 fully saturated rings. The topological polar surface area (TPSA) is 87.1 Å². The first kappa shape index (κ1) is 15.9. The minimum atomic E-state index is -1.000. The van der Waals surface area contributed by atoms with E-state index in [1.165, 1.54) is 4.90 Å². The summed E-state index contributed by atoms with van der Waals surface area (Å²) in [6.45, 7) is 2.25. The number of carbonyl (C=O) groups is 2. The molecule has 1 aliphatic rings. The first-order chi connectivity index (χ1) is 9.04. The summed E-state index contributed by atoms with van der Waals surface area (Å²) in [5.74, 6) is -2.00. The Bertz CT molecular complexity index is 291. The van der Waals surface area contributed by atoms with Gasteiger partial charge in [-0.1, -0.05) is 13.3 Å². The lowest BCUT2D eigenvalue weighted by molar-refractivity contribution is -0.144. The Balaban J connectivity index is 2.58. The van der Waals surface area contributed by atoms with E-state index in [4.69, 9.17) is 14.9 Å². The first-order valence-corrected chi connectivity index (χ1v) is 6.83. The summed E-state index contributed by atoms with van der Waals surface area (Å²) < 4.78 is 5.77. The van der Waals surface area contributed by atoms with Gasteiger partial charge in [0.15, 0.2) is 0 Å². The van der Waals surface area contributed by atoms with Crippen LogP contribution < -0.4 is 0 Å². The largest absolute Gasteiger partial charge is 0.480 e. The van der Waals surface area contributed by atoms with Crippen molar-refractivity contribution in [3.05, 3.63) is 0 Å². The number of carboxylic acid groups (broad SMARTS) is 2. The molecule has 0 aliphatic heterocycles. The van der Waals surface area contributed by atoms with E-state index in [9.17, 15) is 9.59 Å². The smallest absolute Gasteiger partial charge is 0.317 e. The van der Waals surface area contributed by atoms with Gasteiger partial charge >= 0.3 is 11.9 Å². The molecule has 0 aromatic carbocycles. The third kappa shape index (κ3) is 5.57. The number of carboxylic acids is 2. The van der Waals surface area contributed by atoms with Crippen LogP contribution in [-0.4, -0.2) is 58.9 Å². The zero-order valence-corrected chi connectivity index (χ0v) is 11.4. The molecule has 1 saturated carbocycles. The highest BCUT2D eigenvalue weighted by Gasteiger charge is 2.34. The Kier molecular flexibility index (Phi) is 6.80. The second-order valence-corrected chi connectivity index (χ2v) is 4.95. The highest BCUT2D eigenvalue weighted by atomic mass is 16.5. The van der Waals surface area contributed by atoms with Crippen molar-refractivity contribution in [3.63, 3.8) is 0 Å². The Morgan fingerprint density at radius 1 is 1.21 bits per heavy atom. The van der Waals surface area contributed by atoms with Crippen LogP contribution in [0.4, 0.5) is 0 Å². The van der Waals surface area contributed by atoms with Crippen LogP contribution in [-0.2, 0) is 14.3 Å². The predicted molar refractivity (Wildman–Crippen MR) is 69.1 cm³/mol. The molecule has 0 aromatic heterocycles. The summed E-state index contributed by atoms with van der Waals surface area (Å²) in [6, 6.07) is -0.0935. The van der Waals surface area contributed by atoms with E-state index in [0.717, 1.165) is 32.1 Å². The lowest BCUT2D eigenvalue weighted by Gasteiger charge is -2.30. The van der Waals surface area contributed by atoms with E-state index in [1.54, 1.807) is 0 Å². The molecule has 0 aromatic rings. The molecule has 0 bridgehead atoms. The van der Waals surface area contributed by atoms with Gasteiger partial charge in [-0.05, 0) is 25.7 Å². The third-order valence-corrected chi connectivity index (χ3v) is 3.39. The lowest BCUT2D eigenvalue weighted by Crippen LogP contribution is -2.46. The van der Waals surface area contributed by atoms with Gasteiger partial charge < -0.3 is 14.9 Å². The second kappa shape index (κ2) is 8.12. The zero-order valence-electron chi connectivity index (χ0n) is 11.4. The van der Waals surface area contributed by atoms with Crippen LogP contribution in [0.25, 0.3) is 0 Å². The average molecular weight is 273 g/mol. The van der Waals surface area contributed by atoms with E-state index in [-0.39, 0.29) is 25.2 Å². The van der Waals surface area contributed by atoms with Crippen molar-refractivity contribution in [3.8, 4) is 0 Å². The van der Waals surface area contributed by atoms with Gasteiger partial charge in [0.1, 0.15) is 0 Å². The van der Waals surface area contributed by atoms with Crippen molar-refractivity contribution >= 4 is 11.9 Å². The number of hydrogen-bond donors (Lipinski definition) is 2. The van der Waals surface area contributed by atoms with Crippen LogP contribution in [0.2, 0.25) is 0 Å². The summed E-state index contributed by atoms with van der Waals surface area (Å²) in [6.07, 6.45) is 4.62. The van der Waals surface area contributed by atoms with E-state index >= 15 is 0 Å². The van der Waals surface area contributed by atoms with Crippen molar-refractivity contribution < 1.29 is 24.5 Å². The summed E-state index contributed by atoms with van der Waals surface area (Å²) in [4.78, 5) is 23.2. The molecule has 2 atom stereocenters. The molecule has 0 radical (unpaired) electrons. The molecule has 110 valence electrons. The fourth-order valence-electron chi connectivity index (χ4n) is 2.54. The standard InChI is InChI=1S/C13H23NO5/c1-2-3-7-19-11-6-4-5-10(11)14(8-12(15)16)9-13(17)18/h10-11H,2-9H2,1H3,(H,15,16)(H,17,18). The molecule has 0 spiro atoms. The molecule has 2 N–H and O–H groups in total. The van der Waals surface area contributed by atoms with Crippen LogP contribution in [0, 0.1) is 0 Å². The SMILES string of the molecule is CCCCOC1CCCC1N(CC(=O)O)CC(=O)O. The Labute approximate surface area is 113 Å². The van der Waals surface area contributed by atoms with E-state index in [2.05, 4.69) is 6.92 Å². The average Bonchev–Trinajstić information content (AvgIpc) is 2.75. The van der Waals surface area contributed by atoms with Gasteiger partial charge in [-0.15, -0.1) is 0 Å². The van der Waals surface area contributed by atoms with Crippen molar-refractivity contribution in [1.82, 2.24) is 4.90 Å². The number of ether oxygens (including phenoxy) is 1. The molecule has 1 aliphatic carbocycles. The molecule has 0 amide bonds. The van der Waals surface area contributed by atoms with Crippen LogP contribution in [0.3, 0.4) is 0 Å². The Morgan fingerprint density at radius 3 is 2.37 bits per heavy atom. The van der Waals surface area contributed by atoms with Crippen molar-refractivity contribution in [2.75, 3.05) is 19.7 Å². The van der Waals surface area contributed by atoms with Gasteiger partial charge in [-0.2, -0.15) is 0 Å². The van der Waals surface area contributed by atoms with Crippen molar-refractivity contribution in [2.45, 2.75) is 51.2 Å². The summed E-state index contributed by atoms with van der Waals surface area (Å²) in [5.41, 5.74) is 0. The maximum Gasteiger partial charge on any atom is 0.317 e. The highest BCUT2D eigenvalue weighted by molar-refractivity contribution is 5.72. The second-order valence-electron chi connectivity index (χ2n) is 4.95. The number of rotatable bonds is 9. The van der Waals surface area contributed by atoms with Crippen LogP contribution >= 0.6 is 0 Å². The fourth-order valence-corrected chi connectivity index (χ4v) is 2.54. The minimum absolute atomic E-state index is 0.0368. The third-order valence-electron chi connectivity index (χ3n) is 3.39. The van der Waals surface area contributed by atoms with E-state index in [1.807, 2.05) is 0 Å². The van der Waals surface area contributed by atoms with Gasteiger partial charge in [-0.25, -0.2) is 0 Å². The molecule has 0 saturated heterocycles. The molecule has 2 unspecified atom stereocenters. The van der Waals surface area contributed by atoms with Crippen LogP contribution in [0.1, 0.15) is 39.0 Å². The monoisotopic (exact) mass is 273 g/mol. The van der Waals surface area contributed by atoms with Crippen molar-refractivity contribution in [1.29, 1.82) is 0 Å². The Morgan fingerprint density at radius 2 is 1.84 bits per heavy atom. The van der Waals surface area contributed by atoms with E-state index < -0.39 is 11.9 Å².